The molecule has 0 aromatic rings. The van der Waals surface area contributed by atoms with E-state index >= 15 is 0 Å². The number of hydrogen-bond acceptors (Lipinski definition) is 0. The molecule has 2 aliphatic carbocycles. The Morgan fingerprint density at radius 2 is 1.27 bits per heavy atom. The first-order chi connectivity index (χ1) is 6.52. The summed E-state index contributed by atoms with van der Waals surface area (Å²) in [6.07, 6.45) is 0.254. The molecule has 1 fully saturated rings. The highest BCUT2D eigenvalue weighted by Gasteiger charge is 2.81. The highest BCUT2D eigenvalue weighted by Crippen LogP contribution is 2.78. The molecule has 0 nitrogen and oxygen atoms in total. The van der Waals surface area contributed by atoms with E-state index in [1.165, 1.54) is 0 Å². The SMILES string of the molecule is ClC1=C(Cl)C2(Cl)CC1(Cl)C(Cl)(Cl)C2(Br)Br. The van der Waals surface area contributed by atoms with Crippen molar-refractivity contribution in [2.75, 3.05) is 0 Å². The Bertz CT molecular complexity index is 344. The molecule has 2 rings (SSSR count). The van der Waals surface area contributed by atoms with Gasteiger partial charge in [0, 0.05) is 6.42 Å². The predicted molar refractivity (Wildman–Crippen MR) is 75.5 cm³/mol. The van der Waals surface area contributed by atoms with Gasteiger partial charge in [0.2, 0.25) is 0 Å². The van der Waals surface area contributed by atoms with Gasteiger partial charge in [-0.3, -0.25) is 0 Å². The monoisotopic (exact) mass is 454 g/mol. The van der Waals surface area contributed by atoms with Gasteiger partial charge in [0.15, 0.2) is 4.33 Å². The summed E-state index contributed by atoms with van der Waals surface area (Å²) >= 11 is 43.9. The van der Waals surface area contributed by atoms with Crippen molar-refractivity contribution in [3.05, 3.63) is 10.1 Å². The molecule has 2 unspecified atom stereocenters. The number of halogens is 8. The van der Waals surface area contributed by atoms with E-state index in [4.69, 9.17) is 69.6 Å². The van der Waals surface area contributed by atoms with Gasteiger partial charge in [0.25, 0.3) is 0 Å². The van der Waals surface area contributed by atoms with Gasteiger partial charge in [-0.2, -0.15) is 0 Å². The molecule has 0 radical (unpaired) electrons. The molecule has 0 N–H and O–H groups in total. The molecule has 0 spiro atoms. The number of allylic oxidation sites excluding steroid dienone is 2. The van der Waals surface area contributed by atoms with Crippen molar-refractivity contribution in [1.82, 2.24) is 0 Å². The average Bonchev–Trinajstić information content (AvgIpc) is 2.34. The van der Waals surface area contributed by atoms with E-state index in [2.05, 4.69) is 31.9 Å². The molecule has 2 bridgehead atoms. The molecule has 86 valence electrons. The van der Waals surface area contributed by atoms with Crippen LogP contribution >= 0.6 is 101 Å². The third-order valence-electron chi connectivity index (χ3n) is 2.77. The largest absolute Gasteiger partial charge is 0.169 e. The van der Waals surface area contributed by atoms with Gasteiger partial charge in [-0.25, -0.2) is 0 Å². The lowest BCUT2D eigenvalue weighted by Gasteiger charge is -2.43. The Labute approximate surface area is 134 Å². The van der Waals surface area contributed by atoms with Crippen LogP contribution in [0.15, 0.2) is 10.1 Å². The molecule has 0 aromatic carbocycles. The minimum atomic E-state index is -1.40. The topological polar surface area (TPSA) is 0 Å². The first kappa shape index (κ1) is 13.9. The fourth-order valence-electron chi connectivity index (χ4n) is 1.83. The summed E-state index contributed by atoms with van der Waals surface area (Å²) in [7, 11) is 0. The van der Waals surface area contributed by atoms with Crippen LogP contribution < -0.4 is 0 Å². The smallest absolute Gasteiger partial charge is 0.110 e. The zero-order chi connectivity index (χ0) is 11.9. The van der Waals surface area contributed by atoms with Crippen molar-refractivity contribution in [3.8, 4) is 0 Å². The Balaban J connectivity index is 2.76. The van der Waals surface area contributed by atoms with Crippen LogP contribution in [0.5, 0.6) is 0 Å². The van der Waals surface area contributed by atoms with Crippen molar-refractivity contribution in [2.45, 2.75) is 23.7 Å². The maximum absolute atomic E-state index is 6.39. The minimum Gasteiger partial charge on any atom is -0.110 e. The lowest BCUT2D eigenvalue weighted by atomic mass is 10.0. The van der Waals surface area contributed by atoms with Crippen LogP contribution in [0.1, 0.15) is 6.42 Å². The molecule has 1 saturated carbocycles. The molecule has 0 saturated heterocycles. The summed E-state index contributed by atoms with van der Waals surface area (Å²) in [5, 5.41) is 0.479. The summed E-state index contributed by atoms with van der Waals surface area (Å²) in [6, 6.07) is 0. The van der Waals surface area contributed by atoms with E-state index in [0.29, 0.717) is 0 Å². The lowest BCUT2D eigenvalue weighted by Crippen LogP contribution is -2.52. The zero-order valence-electron chi connectivity index (χ0n) is 6.73. The second-order valence-corrected chi connectivity index (χ2v) is 10.4. The number of fused-ring (bicyclic) bond motifs is 2. The summed E-state index contributed by atoms with van der Waals surface area (Å²) in [5.74, 6) is 0. The third-order valence-corrected chi connectivity index (χ3v) is 10.6. The van der Waals surface area contributed by atoms with Gasteiger partial charge in [0.05, 0.1) is 10.1 Å². The van der Waals surface area contributed by atoms with Crippen LogP contribution in [0.25, 0.3) is 0 Å². The van der Waals surface area contributed by atoms with Gasteiger partial charge in [-0.1, -0.05) is 78.3 Å². The number of rotatable bonds is 0. The van der Waals surface area contributed by atoms with Crippen molar-refractivity contribution in [1.29, 1.82) is 0 Å². The Hall–Kier alpha value is 2.44. The second kappa shape index (κ2) is 3.50. The van der Waals surface area contributed by atoms with Crippen molar-refractivity contribution < 1.29 is 0 Å². The van der Waals surface area contributed by atoms with E-state index in [1.54, 1.807) is 0 Å². The molecule has 8 heteroatoms. The van der Waals surface area contributed by atoms with E-state index in [9.17, 15) is 0 Å². The molecular weight excluding hydrogens is 457 g/mol. The normalized spacial score (nSPS) is 46.4. The van der Waals surface area contributed by atoms with Crippen molar-refractivity contribution in [2.24, 2.45) is 0 Å². The highest BCUT2D eigenvalue weighted by molar-refractivity contribution is 9.25. The van der Waals surface area contributed by atoms with Crippen LogP contribution in [0.2, 0.25) is 0 Å². The molecule has 0 aliphatic heterocycles. The van der Waals surface area contributed by atoms with Gasteiger partial charge in [0.1, 0.15) is 13.0 Å². The Morgan fingerprint density at radius 1 is 0.867 bits per heavy atom. The maximum Gasteiger partial charge on any atom is 0.169 e. The molecule has 0 heterocycles. The average molecular weight is 459 g/mol. The molecule has 0 amide bonds. The van der Waals surface area contributed by atoms with Gasteiger partial charge in [-0.05, 0) is 0 Å². The number of hydrogen-bond donors (Lipinski definition) is 0. The molecule has 2 atom stereocenters. The Kier molecular flexibility index (Phi) is 3.24. The summed E-state index contributed by atoms with van der Waals surface area (Å²) in [5.41, 5.74) is 0. The summed E-state index contributed by atoms with van der Waals surface area (Å²) in [6.45, 7) is 0. The van der Waals surface area contributed by atoms with Crippen LogP contribution in [-0.2, 0) is 0 Å². The minimum absolute atomic E-state index is 0.209. The van der Waals surface area contributed by atoms with Crippen LogP contribution in [0.4, 0.5) is 0 Å². The molecule has 0 aromatic heterocycles. The molecule has 2 aliphatic rings. The van der Waals surface area contributed by atoms with Crippen LogP contribution in [0, 0.1) is 0 Å². The van der Waals surface area contributed by atoms with Crippen molar-refractivity contribution in [3.63, 3.8) is 0 Å². The second-order valence-electron chi connectivity index (χ2n) is 3.56. The number of alkyl halides is 6. The standard InChI is InChI=1S/C7H2Br2Cl6/c8-6(9)4(12)1-5(13,7(6,14)15)3(11)2(4)10/h1H2. The fourth-order valence-corrected chi connectivity index (χ4v) is 6.26. The predicted octanol–water partition coefficient (Wildman–Crippen LogP) is 5.71. The van der Waals surface area contributed by atoms with Gasteiger partial charge >= 0.3 is 0 Å². The van der Waals surface area contributed by atoms with Gasteiger partial charge < -0.3 is 0 Å². The first-order valence-corrected chi connectivity index (χ1v) is 7.57. The fraction of sp³-hybridized carbons (Fsp3) is 0.714. The molecular formula is C7H2Br2Cl6. The lowest BCUT2D eigenvalue weighted by molar-refractivity contribution is 0.671. The first-order valence-electron chi connectivity index (χ1n) is 3.72. The summed E-state index contributed by atoms with van der Waals surface area (Å²) < 4.78 is -2.43. The quantitative estimate of drug-likeness (QED) is 0.408. The van der Waals surface area contributed by atoms with Gasteiger partial charge in [-0.15, -0.1) is 23.2 Å². The molecule has 15 heavy (non-hydrogen) atoms. The van der Waals surface area contributed by atoms with E-state index in [-0.39, 0.29) is 16.5 Å². The van der Waals surface area contributed by atoms with E-state index < -0.39 is 17.3 Å². The van der Waals surface area contributed by atoms with Crippen molar-refractivity contribution >= 4 is 101 Å². The highest BCUT2D eigenvalue weighted by atomic mass is 79.9. The maximum atomic E-state index is 6.39. The Morgan fingerprint density at radius 3 is 1.60 bits per heavy atom. The summed E-state index contributed by atoms with van der Waals surface area (Å²) in [4.78, 5) is -2.22. The van der Waals surface area contributed by atoms with E-state index in [1.807, 2.05) is 0 Å². The van der Waals surface area contributed by atoms with E-state index in [0.717, 1.165) is 0 Å². The zero-order valence-corrected chi connectivity index (χ0v) is 14.4. The van der Waals surface area contributed by atoms with Crippen LogP contribution in [-0.4, -0.2) is 17.3 Å². The third kappa shape index (κ3) is 1.30. The van der Waals surface area contributed by atoms with Crippen LogP contribution in [0.3, 0.4) is 0 Å².